The van der Waals surface area contributed by atoms with Crippen molar-refractivity contribution in [1.29, 1.82) is 0 Å². The van der Waals surface area contributed by atoms with E-state index in [0.717, 1.165) is 16.7 Å². The molecule has 0 radical (unpaired) electrons. The number of nitrogens with zero attached hydrogens (tertiary/aromatic N) is 2. The minimum absolute atomic E-state index is 0.0790. The fourth-order valence-electron chi connectivity index (χ4n) is 2.67. The van der Waals surface area contributed by atoms with Crippen molar-refractivity contribution in [2.45, 2.75) is 0 Å². The lowest BCUT2D eigenvalue weighted by Crippen LogP contribution is -2.40. The molecule has 1 saturated heterocycles. The van der Waals surface area contributed by atoms with Crippen LogP contribution in [-0.2, 0) is 19.7 Å². The van der Waals surface area contributed by atoms with Gasteiger partial charge in [0.25, 0.3) is 5.91 Å². The molecule has 2 aliphatic heterocycles. The lowest BCUT2D eigenvalue weighted by Gasteiger charge is -2.19. The normalized spacial score (nSPS) is 19.2. The van der Waals surface area contributed by atoms with Crippen LogP contribution in [0.2, 0.25) is 0 Å². The number of thiocarbonyl (C=S) groups is 1. The minimum Gasteiger partial charge on any atom is -0.748 e. The SMILES string of the molecule is O=C([O-])CN1C(=O)\C(=C/C=C/C=C2\Oc3ccccc3N2CCS(=O)(=O)[O-])SC1=S. The molecule has 9 nitrogen and oxygen atoms in total. The number of carbonyl (C=O) groups is 2. The molecule has 30 heavy (non-hydrogen) atoms. The molecule has 12 heteroatoms. The van der Waals surface area contributed by atoms with Crippen LogP contribution in [0.15, 0.2) is 59.4 Å². The highest BCUT2D eigenvalue weighted by molar-refractivity contribution is 8.26. The van der Waals surface area contributed by atoms with Gasteiger partial charge < -0.3 is 24.1 Å². The number of benzene rings is 1. The third-order valence-electron chi connectivity index (χ3n) is 3.96. The molecule has 0 unspecified atom stereocenters. The van der Waals surface area contributed by atoms with Crippen LogP contribution in [0.4, 0.5) is 5.69 Å². The Hall–Kier alpha value is -2.67. The molecule has 0 N–H and O–H groups in total. The molecule has 2 heterocycles. The third-order valence-corrected chi connectivity index (χ3v) is 6.04. The Bertz CT molecular complexity index is 1090. The van der Waals surface area contributed by atoms with Crippen LogP contribution in [-0.4, -0.2) is 52.9 Å². The molecule has 158 valence electrons. The van der Waals surface area contributed by atoms with E-state index < -0.39 is 34.3 Å². The maximum atomic E-state index is 12.2. The van der Waals surface area contributed by atoms with Gasteiger partial charge >= 0.3 is 0 Å². The van der Waals surface area contributed by atoms with Crippen molar-refractivity contribution < 1.29 is 32.4 Å². The molecule has 0 aliphatic carbocycles. The summed E-state index contributed by atoms with van der Waals surface area (Å²) < 4.78 is 38.9. The van der Waals surface area contributed by atoms with Gasteiger partial charge in [-0.15, -0.1) is 0 Å². The molecule has 3 rings (SSSR count). The van der Waals surface area contributed by atoms with E-state index in [9.17, 15) is 27.7 Å². The molecule has 0 aromatic heterocycles. The van der Waals surface area contributed by atoms with E-state index in [2.05, 4.69) is 0 Å². The van der Waals surface area contributed by atoms with Crippen LogP contribution in [0.3, 0.4) is 0 Å². The topological polar surface area (TPSA) is 130 Å². The van der Waals surface area contributed by atoms with Crippen molar-refractivity contribution in [2.24, 2.45) is 0 Å². The molecule has 0 spiro atoms. The van der Waals surface area contributed by atoms with Gasteiger partial charge in [0.05, 0.1) is 39.0 Å². The molecular weight excluding hydrogens is 452 g/mol. The highest BCUT2D eigenvalue weighted by Gasteiger charge is 2.31. The number of anilines is 1. The molecule has 1 fully saturated rings. The summed E-state index contributed by atoms with van der Waals surface area (Å²) in [5.41, 5.74) is 0.629. The van der Waals surface area contributed by atoms with Gasteiger partial charge in [-0.05, 0) is 24.3 Å². The van der Waals surface area contributed by atoms with E-state index in [0.29, 0.717) is 17.3 Å². The van der Waals surface area contributed by atoms with Crippen LogP contribution in [0.25, 0.3) is 0 Å². The summed E-state index contributed by atoms with van der Waals surface area (Å²) in [6.07, 6.45) is 6.12. The van der Waals surface area contributed by atoms with Crippen molar-refractivity contribution in [2.75, 3.05) is 23.7 Å². The number of thioether (sulfide) groups is 1. The third kappa shape index (κ3) is 5.27. The van der Waals surface area contributed by atoms with Crippen molar-refractivity contribution in [3.63, 3.8) is 0 Å². The first kappa shape index (κ1) is 22.0. The fraction of sp³-hybridized carbons (Fsp3) is 0.167. The largest absolute Gasteiger partial charge is 0.748 e. The monoisotopic (exact) mass is 466 g/mol. The Morgan fingerprint density at radius 3 is 2.60 bits per heavy atom. The van der Waals surface area contributed by atoms with E-state index in [1.807, 2.05) is 0 Å². The molecular formula is C18H14N2O7S3-2. The van der Waals surface area contributed by atoms with E-state index in [1.165, 1.54) is 12.2 Å². The zero-order chi connectivity index (χ0) is 21.9. The van der Waals surface area contributed by atoms with Gasteiger partial charge in [0, 0.05) is 6.54 Å². The number of carboxylic acids is 1. The number of carboxylic acid groups (broad SMARTS) is 1. The Labute approximate surface area is 182 Å². The maximum Gasteiger partial charge on any atom is 0.266 e. The van der Waals surface area contributed by atoms with Crippen LogP contribution < -0.4 is 14.7 Å². The molecule has 1 aromatic rings. The molecule has 2 aliphatic rings. The number of allylic oxidation sites excluding steroid dienone is 4. The van der Waals surface area contributed by atoms with Gasteiger partial charge in [-0.1, -0.05) is 48.3 Å². The lowest BCUT2D eigenvalue weighted by molar-refractivity contribution is -0.305. The number of fused-ring (bicyclic) bond motifs is 1. The average molecular weight is 467 g/mol. The summed E-state index contributed by atoms with van der Waals surface area (Å²) in [7, 11) is -4.40. The number of hydrogen-bond acceptors (Lipinski definition) is 10. The Balaban J connectivity index is 1.75. The molecule has 1 aromatic carbocycles. The van der Waals surface area contributed by atoms with E-state index in [1.54, 1.807) is 41.3 Å². The Morgan fingerprint density at radius 1 is 1.20 bits per heavy atom. The second-order valence-corrected chi connectivity index (χ2v) is 9.23. The molecule has 1 amide bonds. The first-order valence-electron chi connectivity index (χ1n) is 8.46. The Morgan fingerprint density at radius 2 is 1.90 bits per heavy atom. The van der Waals surface area contributed by atoms with Crippen LogP contribution >= 0.6 is 24.0 Å². The van der Waals surface area contributed by atoms with Gasteiger partial charge in [-0.25, -0.2) is 8.42 Å². The number of para-hydroxylation sites is 2. The number of aliphatic carboxylic acids is 1. The standard InChI is InChI=1S/C18H16N2O7S3/c21-16(22)11-20-17(23)14(29-18(20)28)7-3-4-8-15-19(9-10-30(24,25)26)12-5-1-2-6-13(12)27-15/h1-8H,9-11H2,(H,21,22)(H,24,25,26)/p-2/b4-3+,14-7+,15-8-. The summed E-state index contributed by atoms with van der Waals surface area (Å²) in [5.74, 6) is -1.70. The predicted molar refractivity (Wildman–Crippen MR) is 111 cm³/mol. The van der Waals surface area contributed by atoms with Gasteiger partial charge in [-0.3, -0.25) is 9.69 Å². The first-order valence-corrected chi connectivity index (χ1v) is 11.3. The number of rotatable bonds is 7. The van der Waals surface area contributed by atoms with Crippen LogP contribution in [0.1, 0.15) is 0 Å². The predicted octanol–water partition coefficient (Wildman–Crippen LogP) is 0.322. The average Bonchev–Trinajstić information content (AvgIpc) is 3.14. The van der Waals surface area contributed by atoms with E-state index >= 15 is 0 Å². The summed E-state index contributed by atoms with van der Waals surface area (Å²) in [6.45, 7) is -0.691. The second-order valence-electron chi connectivity index (χ2n) is 6.04. The quantitative estimate of drug-likeness (QED) is 0.315. The fourth-order valence-corrected chi connectivity index (χ4v) is 4.28. The zero-order valence-electron chi connectivity index (χ0n) is 15.2. The number of ether oxygens (including phenoxy) is 1. The number of carbonyl (C=O) groups excluding carboxylic acids is 2. The summed E-state index contributed by atoms with van der Waals surface area (Å²) >= 11 is 5.96. The van der Waals surface area contributed by atoms with Gasteiger partial charge in [-0.2, -0.15) is 0 Å². The van der Waals surface area contributed by atoms with Gasteiger partial charge in [0.15, 0.2) is 5.75 Å². The summed E-state index contributed by atoms with van der Waals surface area (Å²) in [5, 5.41) is 10.7. The second kappa shape index (κ2) is 9.00. The highest BCUT2D eigenvalue weighted by Crippen LogP contribution is 2.38. The van der Waals surface area contributed by atoms with E-state index in [-0.39, 0.29) is 15.8 Å². The summed E-state index contributed by atoms with van der Waals surface area (Å²) in [6, 6.07) is 6.96. The van der Waals surface area contributed by atoms with Crippen molar-refractivity contribution in [1.82, 2.24) is 4.90 Å². The molecule has 0 bridgehead atoms. The van der Waals surface area contributed by atoms with Crippen molar-refractivity contribution in [3.05, 3.63) is 59.4 Å². The van der Waals surface area contributed by atoms with Crippen molar-refractivity contribution in [3.8, 4) is 5.75 Å². The van der Waals surface area contributed by atoms with Crippen LogP contribution in [0, 0.1) is 0 Å². The van der Waals surface area contributed by atoms with Crippen LogP contribution in [0.5, 0.6) is 5.75 Å². The molecule has 0 atom stereocenters. The molecule has 0 saturated carbocycles. The summed E-state index contributed by atoms with van der Waals surface area (Å²) in [4.78, 5) is 25.6. The number of amides is 1. The Kier molecular flexibility index (Phi) is 6.61. The van der Waals surface area contributed by atoms with Crippen molar-refractivity contribution >= 4 is 56.0 Å². The smallest absolute Gasteiger partial charge is 0.266 e. The lowest BCUT2D eigenvalue weighted by atomic mass is 10.3. The van der Waals surface area contributed by atoms with Gasteiger partial charge in [0.2, 0.25) is 5.88 Å². The highest BCUT2D eigenvalue weighted by atomic mass is 32.2. The zero-order valence-corrected chi connectivity index (χ0v) is 17.7. The first-order chi connectivity index (χ1) is 14.2. The minimum atomic E-state index is -4.40. The maximum absolute atomic E-state index is 12.2. The van der Waals surface area contributed by atoms with Gasteiger partial charge in [0.1, 0.15) is 4.32 Å². The number of hydrogen-bond donors (Lipinski definition) is 0. The van der Waals surface area contributed by atoms with E-state index in [4.69, 9.17) is 17.0 Å².